The Labute approximate surface area is 204 Å². The normalized spacial score (nSPS) is 23.3. The van der Waals surface area contributed by atoms with Crippen molar-refractivity contribution in [1.82, 2.24) is 20.0 Å². The number of halogens is 1. The highest BCUT2D eigenvalue weighted by Gasteiger charge is 2.41. The van der Waals surface area contributed by atoms with Crippen LogP contribution in [-0.2, 0) is 7.05 Å². The molecule has 1 aromatic heterocycles. The number of hydrogen-bond donors (Lipinski definition) is 2. The standard InChI is InChI=1S/C26H27FN6S/c1-32-25(13-24(31-32)18-5-7-20(27)8-6-18)23-16-33-10-9-19(23)12-22(33)15-29-26(34)30-21-4-2-3-17(11-21)14-28/h2-8,11,13,19,22-23H,9-10,12,15-16H2,1H3,(H2,29,30,34). The van der Waals surface area contributed by atoms with E-state index in [0.717, 1.165) is 43.0 Å². The lowest BCUT2D eigenvalue weighted by Gasteiger charge is -2.50. The van der Waals surface area contributed by atoms with Crippen molar-refractivity contribution >= 4 is 23.0 Å². The number of hydrogen-bond acceptors (Lipinski definition) is 4. The lowest BCUT2D eigenvalue weighted by Crippen LogP contribution is -2.56. The number of thiocarbonyl (C=S) groups is 1. The van der Waals surface area contributed by atoms with E-state index in [1.807, 2.05) is 23.9 Å². The molecule has 174 valence electrons. The molecule has 3 saturated heterocycles. The van der Waals surface area contributed by atoms with E-state index in [-0.39, 0.29) is 5.82 Å². The molecule has 3 aliphatic rings. The number of nitrogens with one attached hydrogen (secondary N) is 2. The van der Waals surface area contributed by atoms with Crippen LogP contribution in [0.5, 0.6) is 0 Å². The van der Waals surface area contributed by atoms with Gasteiger partial charge < -0.3 is 10.6 Å². The Morgan fingerprint density at radius 3 is 2.79 bits per heavy atom. The van der Waals surface area contributed by atoms with Crippen molar-refractivity contribution in [2.45, 2.75) is 24.8 Å². The number of anilines is 1. The summed E-state index contributed by atoms with van der Waals surface area (Å²) in [7, 11) is 2.00. The predicted octanol–water partition coefficient (Wildman–Crippen LogP) is 4.26. The van der Waals surface area contributed by atoms with Crippen molar-refractivity contribution in [1.29, 1.82) is 5.26 Å². The fourth-order valence-corrected chi connectivity index (χ4v) is 5.53. The number of rotatable bonds is 5. The van der Waals surface area contributed by atoms with E-state index in [1.54, 1.807) is 24.3 Å². The van der Waals surface area contributed by atoms with Crippen molar-refractivity contribution in [2.75, 3.05) is 25.0 Å². The number of aryl methyl sites for hydroxylation is 1. The zero-order valence-corrected chi connectivity index (χ0v) is 19.9. The molecular weight excluding hydrogens is 447 g/mol. The molecule has 2 aromatic carbocycles. The zero-order chi connectivity index (χ0) is 23.7. The predicted molar refractivity (Wildman–Crippen MR) is 135 cm³/mol. The molecule has 0 spiro atoms. The van der Waals surface area contributed by atoms with Gasteiger partial charge >= 0.3 is 0 Å². The zero-order valence-electron chi connectivity index (χ0n) is 19.0. The molecule has 8 heteroatoms. The summed E-state index contributed by atoms with van der Waals surface area (Å²) in [6, 6.07) is 18.6. The molecule has 2 bridgehead atoms. The average molecular weight is 475 g/mol. The number of nitriles is 1. The lowest BCUT2D eigenvalue weighted by molar-refractivity contribution is 0.0303. The second kappa shape index (κ2) is 9.53. The quantitative estimate of drug-likeness (QED) is 0.539. The van der Waals surface area contributed by atoms with Crippen molar-refractivity contribution < 1.29 is 4.39 Å². The molecule has 6 rings (SSSR count). The Balaban J connectivity index is 1.20. The van der Waals surface area contributed by atoms with Crippen LogP contribution in [0.25, 0.3) is 11.3 Å². The Hall–Kier alpha value is -3.28. The first kappa shape index (κ1) is 22.5. The lowest BCUT2D eigenvalue weighted by atomic mass is 9.74. The number of aromatic nitrogens is 2. The maximum Gasteiger partial charge on any atom is 0.170 e. The van der Waals surface area contributed by atoms with Crippen LogP contribution in [0, 0.1) is 23.1 Å². The first-order valence-corrected chi connectivity index (χ1v) is 12.0. The maximum atomic E-state index is 13.3. The van der Waals surface area contributed by atoms with E-state index < -0.39 is 0 Å². The van der Waals surface area contributed by atoms with E-state index in [0.29, 0.717) is 28.6 Å². The molecule has 0 amide bonds. The Kier molecular flexibility index (Phi) is 6.31. The van der Waals surface area contributed by atoms with E-state index in [4.69, 9.17) is 22.6 Å². The van der Waals surface area contributed by atoms with Gasteiger partial charge in [-0.3, -0.25) is 9.58 Å². The van der Waals surface area contributed by atoms with Crippen molar-refractivity contribution in [3.8, 4) is 17.3 Å². The van der Waals surface area contributed by atoms with Crippen molar-refractivity contribution in [3.05, 3.63) is 71.7 Å². The van der Waals surface area contributed by atoms with Gasteiger partial charge in [0.2, 0.25) is 0 Å². The third kappa shape index (κ3) is 4.67. The molecule has 0 aliphatic carbocycles. The molecule has 4 heterocycles. The smallest absolute Gasteiger partial charge is 0.170 e. The van der Waals surface area contributed by atoms with Crippen molar-refractivity contribution in [2.24, 2.45) is 13.0 Å². The van der Waals surface area contributed by atoms with Gasteiger partial charge in [0.05, 0.1) is 17.3 Å². The minimum absolute atomic E-state index is 0.234. The van der Waals surface area contributed by atoms with Crippen LogP contribution < -0.4 is 10.6 Å². The van der Waals surface area contributed by atoms with Crippen molar-refractivity contribution in [3.63, 3.8) is 0 Å². The highest BCUT2D eigenvalue weighted by atomic mass is 32.1. The summed E-state index contributed by atoms with van der Waals surface area (Å²) in [6.45, 7) is 2.89. The number of piperidine rings is 3. The van der Waals surface area contributed by atoms with Crippen LogP contribution in [0.1, 0.15) is 30.0 Å². The molecule has 3 aromatic rings. The molecule has 0 saturated carbocycles. The highest BCUT2D eigenvalue weighted by Crippen LogP contribution is 2.42. The Morgan fingerprint density at radius 1 is 1.24 bits per heavy atom. The third-order valence-electron chi connectivity index (χ3n) is 7.06. The van der Waals surface area contributed by atoms with E-state index in [9.17, 15) is 4.39 Å². The van der Waals surface area contributed by atoms with Gasteiger partial charge in [-0.25, -0.2) is 4.39 Å². The fraction of sp³-hybridized carbons (Fsp3) is 0.346. The summed E-state index contributed by atoms with van der Waals surface area (Å²) in [5, 5.41) is 20.9. The van der Waals surface area contributed by atoms with Gasteiger partial charge in [-0.15, -0.1) is 0 Å². The Morgan fingerprint density at radius 2 is 2.06 bits per heavy atom. The molecule has 3 aliphatic heterocycles. The second-order valence-corrected chi connectivity index (χ2v) is 9.56. The number of fused-ring (bicyclic) bond motifs is 3. The van der Waals surface area contributed by atoms with Crippen LogP contribution in [0.2, 0.25) is 0 Å². The average Bonchev–Trinajstić information content (AvgIpc) is 3.25. The van der Waals surface area contributed by atoms with Crippen LogP contribution in [0.3, 0.4) is 0 Å². The van der Waals surface area contributed by atoms with Gasteiger partial charge in [-0.2, -0.15) is 10.4 Å². The molecule has 0 radical (unpaired) electrons. The molecule has 4 unspecified atom stereocenters. The van der Waals surface area contributed by atoms with Crippen LogP contribution in [-0.4, -0.2) is 45.5 Å². The van der Waals surface area contributed by atoms with Gasteiger partial charge in [0, 0.05) is 49.0 Å². The van der Waals surface area contributed by atoms with E-state index >= 15 is 0 Å². The minimum atomic E-state index is -0.234. The van der Waals surface area contributed by atoms with Crippen LogP contribution in [0.15, 0.2) is 54.6 Å². The molecule has 3 fully saturated rings. The van der Waals surface area contributed by atoms with Crippen LogP contribution >= 0.6 is 12.2 Å². The summed E-state index contributed by atoms with van der Waals surface area (Å²) in [4.78, 5) is 2.56. The van der Waals surface area contributed by atoms with Gasteiger partial charge in [-0.05, 0) is 86.1 Å². The molecule has 34 heavy (non-hydrogen) atoms. The topological polar surface area (TPSA) is 68.9 Å². The minimum Gasteiger partial charge on any atom is -0.361 e. The van der Waals surface area contributed by atoms with Gasteiger partial charge in [-0.1, -0.05) is 6.07 Å². The summed E-state index contributed by atoms with van der Waals surface area (Å²) >= 11 is 5.49. The summed E-state index contributed by atoms with van der Waals surface area (Å²) in [6.07, 6.45) is 2.29. The van der Waals surface area contributed by atoms with Gasteiger partial charge in [0.25, 0.3) is 0 Å². The highest BCUT2D eigenvalue weighted by molar-refractivity contribution is 7.80. The molecule has 4 atom stereocenters. The first-order chi connectivity index (χ1) is 16.5. The number of nitrogens with zero attached hydrogens (tertiary/aromatic N) is 4. The summed E-state index contributed by atoms with van der Waals surface area (Å²) < 4.78 is 15.3. The van der Waals surface area contributed by atoms with Gasteiger partial charge in [0.1, 0.15) is 5.82 Å². The van der Waals surface area contributed by atoms with E-state index in [1.165, 1.54) is 24.2 Å². The Bertz CT molecular complexity index is 1230. The molecular formula is C26H27FN6S. The fourth-order valence-electron chi connectivity index (χ4n) is 5.33. The van der Waals surface area contributed by atoms with Crippen LogP contribution in [0.4, 0.5) is 10.1 Å². The van der Waals surface area contributed by atoms with E-state index in [2.05, 4.69) is 27.7 Å². The number of benzene rings is 2. The SMILES string of the molecule is Cn1nc(-c2ccc(F)cc2)cc1C1CN2CCC1CC2CNC(=S)Nc1cccc(C#N)c1. The first-order valence-electron chi connectivity index (χ1n) is 11.6. The molecule has 6 nitrogen and oxygen atoms in total. The summed E-state index contributed by atoms with van der Waals surface area (Å²) in [5.41, 5.74) is 4.49. The maximum absolute atomic E-state index is 13.3. The third-order valence-corrected chi connectivity index (χ3v) is 7.31. The van der Waals surface area contributed by atoms with Gasteiger partial charge in [0.15, 0.2) is 5.11 Å². The second-order valence-electron chi connectivity index (χ2n) is 9.15. The monoisotopic (exact) mass is 474 g/mol. The summed E-state index contributed by atoms with van der Waals surface area (Å²) in [5.74, 6) is 0.805. The molecule has 2 N–H and O–H groups in total. The largest absolute Gasteiger partial charge is 0.361 e.